The number of nitrogens with one attached hydrogen (secondary N) is 2. The zero-order chi connectivity index (χ0) is 17.5. The molecule has 2 rings (SSSR count). The molecule has 0 aliphatic heterocycles. The molecule has 0 heterocycles. The molecule has 0 aliphatic rings. The van der Waals surface area contributed by atoms with Crippen LogP contribution < -0.4 is 16.4 Å². The molecule has 2 aromatic rings. The fourth-order valence-corrected chi connectivity index (χ4v) is 2.63. The van der Waals surface area contributed by atoms with E-state index in [1.54, 1.807) is 30.3 Å². The topological polar surface area (TPSA) is 108 Å². The first kappa shape index (κ1) is 17.5. The minimum absolute atomic E-state index is 0.0101. The summed E-state index contributed by atoms with van der Waals surface area (Å²) in [5, 5.41) is 14.2. The first-order chi connectivity index (χ1) is 11.5. The van der Waals surface area contributed by atoms with Gasteiger partial charge in [0.2, 0.25) is 5.91 Å². The van der Waals surface area contributed by atoms with Gasteiger partial charge < -0.3 is 16.4 Å². The number of carbonyl (C=O) groups is 2. The molecule has 1 unspecified atom stereocenters. The normalized spacial score (nSPS) is 11.2. The van der Waals surface area contributed by atoms with Gasteiger partial charge in [0.25, 0.3) is 0 Å². The highest BCUT2D eigenvalue weighted by Crippen LogP contribution is 2.21. The quantitative estimate of drug-likeness (QED) is 0.734. The molecule has 1 atom stereocenters. The van der Waals surface area contributed by atoms with Crippen LogP contribution in [0, 0.1) is 11.3 Å². The Balaban J connectivity index is 2.12. The van der Waals surface area contributed by atoms with Crippen molar-refractivity contribution in [3.05, 3.63) is 64.1 Å². The number of hydrogen-bond donors (Lipinski definition) is 3. The lowest BCUT2D eigenvalue weighted by Gasteiger charge is -2.18. The van der Waals surface area contributed by atoms with Gasteiger partial charge in [-0.1, -0.05) is 34.1 Å². The van der Waals surface area contributed by atoms with E-state index >= 15 is 0 Å². The molecule has 6 nitrogen and oxygen atoms in total. The van der Waals surface area contributed by atoms with Gasteiger partial charge in [0.1, 0.15) is 0 Å². The minimum Gasteiger partial charge on any atom is -0.352 e. The van der Waals surface area contributed by atoms with Crippen LogP contribution in [0.15, 0.2) is 53.0 Å². The van der Waals surface area contributed by atoms with Crippen molar-refractivity contribution in [2.45, 2.75) is 12.5 Å². The lowest BCUT2D eigenvalue weighted by Crippen LogP contribution is -2.35. The second kappa shape index (κ2) is 8.13. The number of benzene rings is 2. The smallest absolute Gasteiger partial charge is 0.312 e. The highest BCUT2D eigenvalue weighted by molar-refractivity contribution is 9.10. The summed E-state index contributed by atoms with van der Waals surface area (Å²) < 4.78 is 0.832. The molecule has 2 aromatic carbocycles. The standard InChI is InChI=1S/C17H15BrN4O2/c18-13-5-2-4-12(8-13)15(22-17(20)24)9-16(23)21-14-6-1-3-11(7-14)10-19/h1-8,15H,9H2,(H,21,23)(H3,20,22,24). The number of primary amides is 1. The summed E-state index contributed by atoms with van der Waals surface area (Å²) >= 11 is 3.36. The number of nitrogens with zero attached hydrogens (tertiary/aromatic N) is 1. The Morgan fingerprint density at radius 2 is 1.96 bits per heavy atom. The molecular weight excluding hydrogens is 372 g/mol. The number of nitrogens with two attached hydrogens (primary N) is 1. The predicted octanol–water partition coefficient (Wildman–Crippen LogP) is 3.06. The zero-order valence-electron chi connectivity index (χ0n) is 12.6. The van der Waals surface area contributed by atoms with E-state index in [0.29, 0.717) is 11.3 Å². The van der Waals surface area contributed by atoms with Crippen LogP contribution in [0.2, 0.25) is 0 Å². The average Bonchev–Trinajstić information content (AvgIpc) is 2.54. The van der Waals surface area contributed by atoms with Gasteiger partial charge in [-0.05, 0) is 35.9 Å². The van der Waals surface area contributed by atoms with Crippen molar-refractivity contribution in [3.8, 4) is 6.07 Å². The second-order valence-electron chi connectivity index (χ2n) is 5.06. The van der Waals surface area contributed by atoms with Crippen LogP contribution in [0.5, 0.6) is 0 Å². The van der Waals surface area contributed by atoms with E-state index in [1.165, 1.54) is 0 Å². The summed E-state index contributed by atoms with van der Waals surface area (Å²) in [6.45, 7) is 0. The van der Waals surface area contributed by atoms with Crippen molar-refractivity contribution in [1.82, 2.24) is 5.32 Å². The van der Waals surface area contributed by atoms with Crippen LogP contribution in [0.3, 0.4) is 0 Å². The predicted molar refractivity (Wildman–Crippen MR) is 94.0 cm³/mol. The Bertz CT molecular complexity index is 801. The molecule has 3 amide bonds. The van der Waals surface area contributed by atoms with Crippen LogP contribution in [0.25, 0.3) is 0 Å². The maximum absolute atomic E-state index is 12.3. The number of carbonyl (C=O) groups excluding carboxylic acids is 2. The van der Waals surface area contributed by atoms with Gasteiger partial charge in [-0.2, -0.15) is 5.26 Å². The Labute approximate surface area is 147 Å². The van der Waals surface area contributed by atoms with E-state index in [0.717, 1.165) is 10.0 Å². The van der Waals surface area contributed by atoms with Gasteiger partial charge in [0.15, 0.2) is 0 Å². The largest absolute Gasteiger partial charge is 0.352 e. The summed E-state index contributed by atoms with van der Waals surface area (Å²) in [5.74, 6) is -0.302. The molecule has 24 heavy (non-hydrogen) atoms. The van der Waals surface area contributed by atoms with Crippen molar-refractivity contribution in [2.75, 3.05) is 5.32 Å². The van der Waals surface area contributed by atoms with E-state index < -0.39 is 12.1 Å². The fraction of sp³-hybridized carbons (Fsp3) is 0.118. The van der Waals surface area contributed by atoms with Crippen molar-refractivity contribution in [3.63, 3.8) is 0 Å². The monoisotopic (exact) mass is 386 g/mol. The molecule has 0 saturated heterocycles. The van der Waals surface area contributed by atoms with Crippen LogP contribution in [0.1, 0.15) is 23.6 Å². The summed E-state index contributed by atoms with van der Waals surface area (Å²) in [5.41, 5.74) is 6.93. The third kappa shape index (κ3) is 5.11. The first-order valence-electron chi connectivity index (χ1n) is 7.09. The maximum atomic E-state index is 12.3. The number of nitriles is 1. The SMILES string of the molecule is N#Cc1cccc(NC(=O)CC(NC(N)=O)c2cccc(Br)c2)c1. The van der Waals surface area contributed by atoms with E-state index in [9.17, 15) is 9.59 Å². The van der Waals surface area contributed by atoms with Crippen LogP contribution >= 0.6 is 15.9 Å². The molecule has 0 aromatic heterocycles. The summed E-state index contributed by atoms with van der Waals surface area (Å²) in [7, 11) is 0. The third-order valence-electron chi connectivity index (χ3n) is 3.23. The minimum atomic E-state index is -0.709. The number of rotatable bonds is 5. The van der Waals surface area contributed by atoms with E-state index in [2.05, 4.69) is 26.6 Å². The van der Waals surface area contributed by atoms with Crippen molar-refractivity contribution < 1.29 is 9.59 Å². The molecule has 122 valence electrons. The van der Waals surface area contributed by atoms with Gasteiger partial charge in [0.05, 0.1) is 24.1 Å². The van der Waals surface area contributed by atoms with Crippen molar-refractivity contribution >= 4 is 33.6 Å². The Morgan fingerprint density at radius 3 is 2.62 bits per heavy atom. The van der Waals surface area contributed by atoms with Gasteiger partial charge in [-0.15, -0.1) is 0 Å². The fourth-order valence-electron chi connectivity index (χ4n) is 2.21. The Kier molecular flexibility index (Phi) is 5.93. The van der Waals surface area contributed by atoms with E-state index in [-0.39, 0.29) is 12.3 Å². The van der Waals surface area contributed by atoms with Crippen LogP contribution in [0.4, 0.5) is 10.5 Å². The number of urea groups is 1. The second-order valence-corrected chi connectivity index (χ2v) is 5.98. The van der Waals surface area contributed by atoms with Crippen LogP contribution in [-0.4, -0.2) is 11.9 Å². The highest BCUT2D eigenvalue weighted by Gasteiger charge is 2.18. The molecule has 0 aliphatic carbocycles. The third-order valence-corrected chi connectivity index (χ3v) is 3.73. The molecule has 0 bridgehead atoms. The van der Waals surface area contributed by atoms with Gasteiger partial charge >= 0.3 is 6.03 Å². The van der Waals surface area contributed by atoms with Gasteiger partial charge in [0, 0.05) is 10.2 Å². The number of hydrogen-bond acceptors (Lipinski definition) is 3. The summed E-state index contributed by atoms with van der Waals surface area (Å²) in [4.78, 5) is 23.5. The number of anilines is 1. The van der Waals surface area contributed by atoms with Crippen molar-refractivity contribution in [2.24, 2.45) is 5.73 Å². The molecule has 4 N–H and O–H groups in total. The van der Waals surface area contributed by atoms with Gasteiger partial charge in [-0.25, -0.2) is 4.79 Å². The molecule has 7 heteroatoms. The number of halogens is 1. The van der Waals surface area contributed by atoms with Crippen LogP contribution in [-0.2, 0) is 4.79 Å². The number of amides is 3. The highest BCUT2D eigenvalue weighted by atomic mass is 79.9. The van der Waals surface area contributed by atoms with Crippen molar-refractivity contribution in [1.29, 1.82) is 5.26 Å². The molecule has 0 fully saturated rings. The Hall–Kier alpha value is -2.85. The summed E-state index contributed by atoms with van der Waals surface area (Å²) in [6.07, 6.45) is 0.0101. The summed E-state index contributed by atoms with van der Waals surface area (Å²) in [6, 6.07) is 14.6. The molecular formula is C17H15BrN4O2. The molecule has 0 spiro atoms. The Morgan fingerprint density at radius 1 is 1.21 bits per heavy atom. The maximum Gasteiger partial charge on any atom is 0.312 e. The first-order valence-corrected chi connectivity index (χ1v) is 7.88. The van der Waals surface area contributed by atoms with E-state index in [4.69, 9.17) is 11.0 Å². The lowest BCUT2D eigenvalue weighted by molar-refractivity contribution is -0.116. The zero-order valence-corrected chi connectivity index (χ0v) is 14.2. The molecule has 0 saturated carbocycles. The molecule has 0 radical (unpaired) electrons. The van der Waals surface area contributed by atoms with Gasteiger partial charge in [-0.3, -0.25) is 4.79 Å². The van der Waals surface area contributed by atoms with E-state index in [1.807, 2.05) is 24.3 Å². The average molecular weight is 387 g/mol. The lowest BCUT2D eigenvalue weighted by atomic mass is 10.0.